The molecule has 0 radical (unpaired) electrons. The minimum atomic E-state index is -0.242. The molecule has 0 aliphatic carbocycles. The molecule has 0 saturated carbocycles. The van der Waals surface area contributed by atoms with E-state index in [9.17, 15) is 4.39 Å². The molecule has 0 bridgehead atoms. The van der Waals surface area contributed by atoms with E-state index < -0.39 is 0 Å². The molecule has 2 nitrogen and oxygen atoms in total. The van der Waals surface area contributed by atoms with Crippen molar-refractivity contribution in [2.24, 2.45) is 0 Å². The minimum absolute atomic E-state index is 0.242. The highest BCUT2D eigenvalue weighted by atomic mass is 19.1. The van der Waals surface area contributed by atoms with E-state index >= 15 is 0 Å². The first-order valence-electron chi connectivity index (χ1n) is 7.57. The maximum Gasteiger partial charge on any atom is 0.149 e. The van der Waals surface area contributed by atoms with Gasteiger partial charge in [0.15, 0.2) is 0 Å². The van der Waals surface area contributed by atoms with Gasteiger partial charge in [-0.15, -0.1) is 0 Å². The first-order chi connectivity index (χ1) is 11.3. The molecule has 4 rings (SSSR count). The van der Waals surface area contributed by atoms with Crippen LogP contribution in [-0.2, 0) is 6.54 Å². The van der Waals surface area contributed by atoms with Gasteiger partial charge in [0.25, 0.3) is 0 Å². The summed E-state index contributed by atoms with van der Waals surface area (Å²) in [5, 5.41) is 5.53. The Morgan fingerprint density at radius 3 is 2.22 bits per heavy atom. The number of hydrogen-bond acceptors (Lipinski definition) is 1. The fraction of sp³-hybridized carbons (Fsp3) is 0.0500. The molecule has 1 heterocycles. The highest BCUT2D eigenvalue weighted by Crippen LogP contribution is 2.29. The summed E-state index contributed by atoms with van der Waals surface area (Å²) in [5.41, 5.74) is 3.46. The van der Waals surface area contributed by atoms with Gasteiger partial charge in [0, 0.05) is 10.9 Å². The molecule has 3 aromatic carbocycles. The van der Waals surface area contributed by atoms with E-state index in [1.54, 1.807) is 10.7 Å². The third-order valence-corrected chi connectivity index (χ3v) is 3.94. The van der Waals surface area contributed by atoms with Gasteiger partial charge >= 0.3 is 0 Å². The lowest BCUT2D eigenvalue weighted by atomic mass is 10.1. The zero-order valence-electron chi connectivity index (χ0n) is 12.5. The van der Waals surface area contributed by atoms with Crippen molar-refractivity contribution in [3.63, 3.8) is 0 Å². The maximum atomic E-state index is 14.4. The monoisotopic (exact) mass is 302 g/mol. The molecule has 112 valence electrons. The van der Waals surface area contributed by atoms with Crippen molar-refractivity contribution in [1.82, 2.24) is 9.78 Å². The Morgan fingerprint density at radius 1 is 0.783 bits per heavy atom. The van der Waals surface area contributed by atoms with Crippen LogP contribution in [0.4, 0.5) is 4.39 Å². The fourth-order valence-electron chi connectivity index (χ4n) is 2.87. The Bertz CT molecular complexity index is 943. The summed E-state index contributed by atoms with van der Waals surface area (Å²) in [5.74, 6) is -0.242. The zero-order chi connectivity index (χ0) is 15.6. The van der Waals surface area contributed by atoms with Crippen LogP contribution in [0.1, 0.15) is 5.56 Å². The predicted octanol–water partition coefficient (Wildman–Crippen LogP) is 4.89. The van der Waals surface area contributed by atoms with E-state index in [1.807, 2.05) is 66.7 Å². The number of halogens is 1. The van der Waals surface area contributed by atoms with Gasteiger partial charge in [-0.25, -0.2) is 4.39 Å². The molecule has 0 aliphatic heterocycles. The summed E-state index contributed by atoms with van der Waals surface area (Å²) in [7, 11) is 0. The number of fused-ring (bicyclic) bond motifs is 1. The summed E-state index contributed by atoms with van der Waals surface area (Å²) in [6.07, 6.45) is 0. The lowest BCUT2D eigenvalue weighted by Crippen LogP contribution is -2.02. The Labute approximate surface area is 133 Å². The van der Waals surface area contributed by atoms with Crippen LogP contribution in [-0.4, -0.2) is 9.78 Å². The minimum Gasteiger partial charge on any atom is -0.257 e. The van der Waals surface area contributed by atoms with E-state index in [-0.39, 0.29) is 5.82 Å². The maximum absolute atomic E-state index is 14.4. The quantitative estimate of drug-likeness (QED) is 0.527. The van der Waals surface area contributed by atoms with Gasteiger partial charge in [-0.3, -0.25) is 4.68 Å². The van der Waals surface area contributed by atoms with Crippen LogP contribution in [0.25, 0.3) is 22.2 Å². The van der Waals surface area contributed by atoms with Crippen molar-refractivity contribution >= 4 is 10.9 Å². The number of hydrogen-bond donors (Lipinski definition) is 0. The molecule has 23 heavy (non-hydrogen) atoms. The SMILES string of the molecule is Fc1cccc2c(-c3ccccc3)nn(Cc3ccccc3)c12. The van der Waals surface area contributed by atoms with Crippen LogP contribution < -0.4 is 0 Å². The lowest BCUT2D eigenvalue weighted by Gasteiger charge is -2.04. The van der Waals surface area contributed by atoms with E-state index in [1.165, 1.54) is 6.07 Å². The average molecular weight is 302 g/mol. The number of rotatable bonds is 3. The molecule has 0 N–H and O–H groups in total. The van der Waals surface area contributed by atoms with E-state index in [0.717, 1.165) is 22.2 Å². The van der Waals surface area contributed by atoms with Crippen molar-refractivity contribution in [3.8, 4) is 11.3 Å². The summed E-state index contributed by atoms with van der Waals surface area (Å²) >= 11 is 0. The Morgan fingerprint density at radius 2 is 1.48 bits per heavy atom. The van der Waals surface area contributed by atoms with Crippen LogP contribution in [0.2, 0.25) is 0 Å². The molecule has 0 aliphatic rings. The van der Waals surface area contributed by atoms with Gasteiger partial charge < -0.3 is 0 Å². The van der Waals surface area contributed by atoms with E-state index in [2.05, 4.69) is 0 Å². The third-order valence-electron chi connectivity index (χ3n) is 3.94. The molecule has 0 saturated heterocycles. The number of nitrogens with zero attached hydrogens (tertiary/aromatic N) is 2. The standard InChI is InChI=1S/C20H15FN2/c21-18-13-7-12-17-19(16-10-5-2-6-11-16)22-23(20(17)18)14-15-8-3-1-4-9-15/h1-13H,14H2. The van der Waals surface area contributed by atoms with Gasteiger partial charge in [-0.05, 0) is 11.6 Å². The second kappa shape index (κ2) is 5.69. The number of aromatic nitrogens is 2. The third kappa shape index (κ3) is 2.50. The van der Waals surface area contributed by atoms with Crippen LogP contribution in [0.15, 0.2) is 78.9 Å². The highest BCUT2D eigenvalue weighted by Gasteiger charge is 2.15. The van der Waals surface area contributed by atoms with Gasteiger partial charge in [0.2, 0.25) is 0 Å². The topological polar surface area (TPSA) is 17.8 Å². The molecular formula is C20H15FN2. The average Bonchev–Trinajstić information content (AvgIpc) is 2.96. The number of para-hydroxylation sites is 1. The van der Waals surface area contributed by atoms with Crippen LogP contribution in [0.5, 0.6) is 0 Å². The highest BCUT2D eigenvalue weighted by molar-refractivity contribution is 5.93. The van der Waals surface area contributed by atoms with Crippen molar-refractivity contribution in [1.29, 1.82) is 0 Å². The molecule has 4 aromatic rings. The van der Waals surface area contributed by atoms with Crippen LogP contribution in [0.3, 0.4) is 0 Å². The Kier molecular flexibility index (Phi) is 3.39. The molecule has 0 spiro atoms. The van der Waals surface area contributed by atoms with Gasteiger partial charge in [0.1, 0.15) is 17.0 Å². The molecule has 0 unspecified atom stereocenters. The second-order valence-corrected chi connectivity index (χ2v) is 5.49. The van der Waals surface area contributed by atoms with Gasteiger partial charge in [-0.1, -0.05) is 72.8 Å². The summed E-state index contributed by atoms with van der Waals surface area (Å²) < 4.78 is 16.2. The first kappa shape index (κ1) is 13.7. The molecule has 0 atom stereocenters. The van der Waals surface area contributed by atoms with Crippen molar-refractivity contribution in [3.05, 3.63) is 90.2 Å². The van der Waals surface area contributed by atoms with Crippen molar-refractivity contribution in [2.45, 2.75) is 6.54 Å². The molecule has 0 amide bonds. The summed E-state index contributed by atoms with van der Waals surface area (Å²) in [4.78, 5) is 0. The smallest absolute Gasteiger partial charge is 0.149 e. The van der Waals surface area contributed by atoms with Gasteiger partial charge in [0.05, 0.1) is 6.54 Å². The largest absolute Gasteiger partial charge is 0.257 e. The summed E-state index contributed by atoms with van der Waals surface area (Å²) in [6.45, 7) is 0.547. The van der Waals surface area contributed by atoms with Crippen LogP contribution in [0, 0.1) is 5.82 Å². The van der Waals surface area contributed by atoms with Crippen molar-refractivity contribution in [2.75, 3.05) is 0 Å². The number of benzene rings is 3. The van der Waals surface area contributed by atoms with E-state index in [4.69, 9.17) is 5.10 Å². The zero-order valence-corrected chi connectivity index (χ0v) is 12.5. The fourth-order valence-corrected chi connectivity index (χ4v) is 2.87. The van der Waals surface area contributed by atoms with Crippen molar-refractivity contribution < 1.29 is 4.39 Å². The normalized spacial score (nSPS) is 11.0. The lowest BCUT2D eigenvalue weighted by molar-refractivity contribution is 0.616. The molecule has 3 heteroatoms. The van der Waals surface area contributed by atoms with E-state index in [0.29, 0.717) is 12.1 Å². The Hall–Kier alpha value is -2.94. The molecule has 1 aromatic heterocycles. The van der Waals surface area contributed by atoms with Gasteiger partial charge in [-0.2, -0.15) is 5.10 Å². The molecular weight excluding hydrogens is 287 g/mol. The first-order valence-corrected chi connectivity index (χ1v) is 7.57. The summed E-state index contributed by atoms with van der Waals surface area (Å²) in [6, 6.07) is 25.0. The second-order valence-electron chi connectivity index (χ2n) is 5.49. The van der Waals surface area contributed by atoms with Crippen LogP contribution >= 0.6 is 0 Å². The predicted molar refractivity (Wildman–Crippen MR) is 90.7 cm³/mol. The Balaban J connectivity index is 1.91. The molecule has 0 fully saturated rings.